The van der Waals surface area contributed by atoms with Crippen LogP contribution in [0.2, 0.25) is 0 Å². The molecule has 1 heterocycles. The third kappa shape index (κ3) is 3.90. The Morgan fingerprint density at radius 3 is 2.70 bits per heavy atom. The number of nitrogens with zero attached hydrogens (tertiary/aromatic N) is 1. The van der Waals surface area contributed by atoms with E-state index in [0.717, 1.165) is 18.5 Å². The van der Waals surface area contributed by atoms with Crippen LogP contribution in [-0.4, -0.2) is 24.6 Å². The van der Waals surface area contributed by atoms with Crippen molar-refractivity contribution >= 4 is 5.97 Å². The second-order valence-electron chi connectivity index (χ2n) is 4.43. The highest BCUT2D eigenvalue weighted by Crippen LogP contribution is 2.09. The Hall–Kier alpha value is -2.20. The van der Waals surface area contributed by atoms with E-state index in [0.29, 0.717) is 12.1 Å². The van der Waals surface area contributed by atoms with Gasteiger partial charge in [-0.1, -0.05) is 18.2 Å². The minimum absolute atomic E-state index is 0.295. The molecule has 4 heteroatoms. The number of aromatic nitrogens is 1. The number of pyridine rings is 1. The lowest BCUT2D eigenvalue weighted by Crippen LogP contribution is -2.19. The molecule has 0 amide bonds. The summed E-state index contributed by atoms with van der Waals surface area (Å²) in [5.74, 6) is -0.295. The van der Waals surface area contributed by atoms with Crippen LogP contribution < -0.4 is 5.32 Å². The number of esters is 1. The Bertz CT molecular complexity index is 555. The molecule has 104 valence electrons. The van der Waals surface area contributed by atoms with Gasteiger partial charge in [-0.05, 0) is 42.3 Å². The average Bonchev–Trinajstić information content (AvgIpc) is 2.52. The van der Waals surface area contributed by atoms with Gasteiger partial charge in [0.2, 0.25) is 0 Å². The van der Waals surface area contributed by atoms with Crippen molar-refractivity contribution in [3.63, 3.8) is 0 Å². The molecule has 0 fully saturated rings. The summed E-state index contributed by atoms with van der Waals surface area (Å²) < 4.78 is 4.78. The first kappa shape index (κ1) is 14.2. The standard InChI is InChI=1S/C16H18N2O2/c1-20-16(19)15-5-3-2-4-14(15)12-18-11-8-13-6-9-17-10-7-13/h2-7,9-10,18H,8,11-12H2,1H3. The first-order valence-corrected chi connectivity index (χ1v) is 6.57. The zero-order valence-electron chi connectivity index (χ0n) is 11.5. The molecular formula is C16H18N2O2. The highest BCUT2D eigenvalue weighted by molar-refractivity contribution is 5.90. The first-order chi connectivity index (χ1) is 9.81. The molecule has 0 saturated heterocycles. The monoisotopic (exact) mass is 270 g/mol. The number of hydrogen-bond donors (Lipinski definition) is 1. The van der Waals surface area contributed by atoms with Gasteiger partial charge in [0.05, 0.1) is 12.7 Å². The van der Waals surface area contributed by atoms with Crippen LogP contribution in [0.15, 0.2) is 48.8 Å². The zero-order valence-corrected chi connectivity index (χ0v) is 11.5. The van der Waals surface area contributed by atoms with Crippen molar-refractivity contribution in [1.29, 1.82) is 0 Å². The Morgan fingerprint density at radius 2 is 1.95 bits per heavy atom. The predicted molar refractivity (Wildman–Crippen MR) is 77.4 cm³/mol. The normalized spacial score (nSPS) is 10.2. The Morgan fingerprint density at radius 1 is 1.20 bits per heavy atom. The van der Waals surface area contributed by atoms with Crippen molar-refractivity contribution in [2.45, 2.75) is 13.0 Å². The van der Waals surface area contributed by atoms with Crippen molar-refractivity contribution in [1.82, 2.24) is 10.3 Å². The van der Waals surface area contributed by atoms with E-state index in [-0.39, 0.29) is 5.97 Å². The second kappa shape index (κ2) is 7.40. The van der Waals surface area contributed by atoms with Gasteiger partial charge in [-0.3, -0.25) is 4.98 Å². The van der Waals surface area contributed by atoms with Gasteiger partial charge in [-0.2, -0.15) is 0 Å². The minimum atomic E-state index is -0.295. The molecule has 20 heavy (non-hydrogen) atoms. The molecule has 4 nitrogen and oxygen atoms in total. The van der Waals surface area contributed by atoms with E-state index < -0.39 is 0 Å². The lowest BCUT2D eigenvalue weighted by molar-refractivity contribution is 0.0599. The molecule has 0 aliphatic carbocycles. The average molecular weight is 270 g/mol. The third-order valence-electron chi connectivity index (χ3n) is 3.08. The zero-order chi connectivity index (χ0) is 14.2. The SMILES string of the molecule is COC(=O)c1ccccc1CNCCc1ccncc1. The molecule has 1 aromatic heterocycles. The molecule has 0 spiro atoms. The number of benzene rings is 1. The van der Waals surface area contributed by atoms with Crippen molar-refractivity contribution in [2.75, 3.05) is 13.7 Å². The molecule has 0 saturated carbocycles. The molecule has 1 aromatic carbocycles. The number of nitrogens with one attached hydrogen (secondary N) is 1. The summed E-state index contributed by atoms with van der Waals surface area (Å²) in [7, 11) is 1.40. The molecule has 0 aliphatic heterocycles. The highest BCUT2D eigenvalue weighted by atomic mass is 16.5. The molecule has 0 aliphatic rings. The van der Waals surface area contributed by atoms with Gasteiger partial charge < -0.3 is 10.1 Å². The topological polar surface area (TPSA) is 51.2 Å². The van der Waals surface area contributed by atoms with Crippen LogP contribution in [0.3, 0.4) is 0 Å². The number of ether oxygens (including phenoxy) is 1. The van der Waals surface area contributed by atoms with E-state index in [1.807, 2.05) is 30.3 Å². The van der Waals surface area contributed by atoms with Crippen molar-refractivity contribution in [2.24, 2.45) is 0 Å². The molecule has 0 radical (unpaired) electrons. The Kier molecular flexibility index (Phi) is 5.26. The van der Waals surface area contributed by atoms with Crippen LogP contribution in [0.25, 0.3) is 0 Å². The maximum atomic E-state index is 11.6. The van der Waals surface area contributed by atoms with Gasteiger partial charge >= 0.3 is 5.97 Å². The summed E-state index contributed by atoms with van der Waals surface area (Å²) in [6, 6.07) is 11.5. The second-order valence-corrected chi connectivity index (χ2v) is 4.43. The lowest BCUT2D eigenvalue weighted by Gasteiger charge is -2.09. The lowest BCUT2D eigenvalue weighted by atomic mass is 10.1. The number of carbonyl (C=O) groups excluding carboxylic acids is 1. The quantitative estimate of drug-likeness (QED) is 0.646. The summed E-state index contributed by atoms with van der Waals surface area (Å²) in [6.45, 7) is 1.50. The number of methoxy groups -OCH3 is 1. The van der Waals surface area contributed by atoms with E-state index in [4.69, 9.17) is 4.74 Å². The molecule has 2 aromatic rings. The Balaban J connectivity index is 1.87. The molecular weight excluding hydrogens is 252 g/mol. The van der Waals surface area contributed by atoms with Crippen LogP contribution >= 0.6 is 0 Å². The maximum Gasteiger partial charge on any atom is 0.338 e. The van der Waals surface area contributed by atoms with E-state index >= 15 is 0 Å². The van der Waals surface area contributed by atoms with Gasteiger partial charge in [-0.25, -0.2) is 4.79 Å². The van der Waals surface area contributed by atoms with Crippen LogP contribution in [0, 0.1) is 0 Å². The number of rotatable bonds is 6. The van der Waals surface area contributed by atoms with E-state index in [1.165, 1.54) is 12.7 Å². The first-order valence-electron chi connectivity index (χ1n) is 6.57. The summed E-state index contributed by atoms with van der Waals surface area (Å²) >= 11 is 0. The summed E-state index contributed by atoms with van der Waals surface area (Å²) in [4.78, 5) is 15.6. The number of hydrogen-bond acceptors (Lipinski definition) is 4. The summed E-state index contributed by atoms with van der Waals surface area (Å²) in [6.07, 6.45) is 4.52. The molecule has 2 rings (SSSR count). The van der Waals surface area contributed by atoms with E-state index in [9.17, 15) is 4.79 Å². The van der Waals surface area contributed by atoms with Crippen molar-refractivity contribution in [3.8, 4) is 0 Å². The van der Waals surface area contributed by atoms with Gasteiger partial charge in [0.15, 0.2) is 0 Å². The molecule has 1 N–H and O–H groups in total. The van der Waals surface area contributed by atoms with E-state index in [2.05, 4.69) is 10.3 Å². The highest BCUT2D eigenvalue weighted by Gasteiger charge is 2.09. The van der Waals surface area contributed by atoms with Crippen molar-refractivity contribution < 1.29 is 9.53 Å². The van der Waals surface area contributed by atoms with Gasteiger partial charge in [0.1, 0.15) is 0 Å². The maximum absolute atomic E-state index is 11.6. The Labute approximate surface area is 118 Å². The fraction of sp³-hybridized carbons (Fsp3) is 0.250. The largest absolute Gasteiger partial charge is 0.465 e. The van der Waals surface area contributed by atoms with Crippen LogP contribution in [0.1, 0.15) is 21.5 Å². The predicted octanol–water partition coefficient (Wildman–Crippen LogP) is 2.20. The molecule has 0 unspecified atom stereocenters. The summed E-state index contributed by atoms with van der Waals surface area (Å²) in [5, 5.41) is 3.34. The third-order valence-corrected chi connectivity index (χ3v) is 3.08. The smallest absolute Gasteiger partial charge is 0.338 e. The fourth-order valence-electron chi connectivity index (χ4n) is 1.99. The van der Waals surface area contributed by atoms with Gasteiger partial charge in [-0.15, -0.1) is 0 Å². The van der Waals surface area contributed by atoms with Crippen LogP contribution in [-0.2, 0) is 17.7 Å². The fourth-order valence-corrected chi connectivity index (χ4v) is 1.99. The van der Waals surface area contributed by atoms with Crippen molar-refractivity contribution in [3.05, 3.63) is 65.5 Å². The van der Waals surface area contributed by atoms with Gasteiger partial charge in [0, 0.05) is 18.9 Å². The number of carbonyl (C=O) groups is 1. The minimum Gasteiger partial charge on any atom is -0.465 e. The summed E-state index contributed by atoms with van der Waals surface area (Å²) in [5.41, 5.74) is 2.81. The van der Waals surface area contributed by atoms with Crippen LogP contribution in [0.4, 0.5) is 0 Å². The molecule has 0 bridgehead atoms. The van der Waals surface area contributed by atoms with Gasteiger partial charge in [0.25, 0.3) is 0 Å². The van der Waals surface area contributed by atoms with E-state index in [1.54, 1.807) is 18.5 Å². The van der Waals surface area contributed by atoms with Crippen LogP contribution in [0.5, 0.6) is 0 Å². The molecule has 0 atom stereocenters.